The highest BCUT2D eigenvalue weighted by molar-refractivity contribution is 8.00. The minimum Gasteiger partial charge on any atom is -0.325 e. The zero-order valence-electron chi connectivity index (χ0n) is 13.0. The van der Waals surface area contributed by atoms with Crippen molar-refractivity contribution in [3.8, 4) is 0 Å². The lowest BCUT2D eigenvalue weighted by atomic mass is 10.2. The fourth-order valence-corrected chi connectivity index (χ4v) is 2.75. The van der Waals surface area contributed by atoms with Gasteiger partial charge in [0.25, 0.3) is 0 Å². The number of amides is 1. The summed E-state index contributed by atoms with van der Waals surface area (Å²) < 4.78 is 14.8. The van der Waals surface area contributed by atoms with E-state index in [0.717, 1.165) is 0 Å². The van der Waals surface area contributed by atoms with E-state index in [0.29, 0.717) is 23.3 Å². The van der Waals surface area contributed by atoms with Gasteiger partial charge in [-0.15, -0.1) is 5.10 Å². The molecule has 6 nitrogen and oxygen atoms in total. The second-order valence-corrected chi connectivity index (χ2v) is 7.13. The SMILES string of the molecule is CC(C)Cn1nnnc1SC(C)C(=O)Nc1ccc(F)c(Cl)c1. The maximum Gasteiger partial charge on any atom is 0.237 e. The van der Waals surface area contributed by atoms with Gasteiger partial charge in [0.15, 0.2) is 0 Å². The Balaban J connectivity index is 2.00. The molecule has 2 aromatic rings. The molecule has 0 bridgehead atoms. The Hall–Kier alpha value is -1.67. The van der Waals surface area contributed by atoms with E-state index in [9.17, 15) is 9.18 Å². The van der Waals surface area contributed by atoms with Crippen molar-refractivity contribution in [2.24, 2.45) is 5.92 Å². The van der Waals surface area contributed by atoms with Crippen molar-refractivity contribution in [1.29, 1.82) is 0 Å². The highest BCUT2D eigenvalue weighted by atomic mass is 35.5. The lowest BCUT2D eigenvalue weighted by Crippen LogP contribution is -2.23. The van der Waals surface area contributed by atoms with Crippen molar-refractivity contribution in [1.82, 2.24) is 20.2 Å². The molecule has 1 heterocycles. The summed E-state index contributed by atoms with van der Waals surface area (Å²) in [6, 6.07) is 4.03. The minimum absolute atomic E-state index is 0.0380. The van der Waals surface area contributed by atoms with E-state index in [1.807, 2.05) is 0 Å². The van der Waals surface area contributed by atoms with Crippen LogP contribution in [-0.4, -0.2) is 31.4 Å². The topological polar surface area (TPSA) is 72.7 Å². The molecule has 1 aromatic heterocycles. The van der Waals surface area contributed by atoms with Gasteiger partial charge in [0.05, 0.1) is 10.3 Å². The molecule has 9 heteroatoms. The van der Waals surface area contributed by atoms with Crippen molar-refractivity contribution in [2.45, 2.75) is 37.7 Å². The van der Waals surface area contributed by atoms with Gasteiger partial charge in [-0.1, -0.05) is 37.2 Å². The number of carbonyl (C=O) groups is 1. The standard InChI is InChI=1S/C14H17ClFN5OS/c1-8(2)7-21-14(18-19-20-21)23-9(3)13(22)17-10-4-5-12(16)11(15)6-10/h4-6,8-9H,7H2,1-3H3,(H,17,22). The van der Waals surface area contributed by atoms with E-state index in [1.54, 1.807) is 11.6 Å². The van der Waals surface area contributed by atoms with E-state index in [-0.39, 0.29) is 10.9 Å². The predicted molar refractivity (Wildman–Crippen MR) is 88.0 cm³/mol. The van der Waals surface area contributed by atoms with E-state index in [2.05, 4.69) is 34.7 Å². The summed E-state index contributed by atoms with van der Waals surface area (Å²) in [6.07, 6.45) is 0. The first-order valence-corrected chi connectivity index (χ1v) is 8.31. The summed E-state index contributed by atoms with van der Waals surface area (Å²) in [7, 11) is 0. The first-order chi connectivity index (χ1) is 10.9. The summed E-state index contributed by atoms with van der Waals surface area (Å²) in [4.78, 5) is 12.2. The molecule has 1 N–H and O–H groups in total. The smallest absolute Gasteiger partial charge is 0.237 e. The number of benzene rings is 1. The van der Waals surface area contributed by atoms with Gasteiger partial charge in [0.2, 0.25) is 11.1 Å². The second kappa shape index (κ2) is 7.74. The van der Waals surface area contributed by atoms with Gasteiger partial charge in [-0.25, -0.2) is 9.07 Å². The summed E-state index contributed by atoms with van der Waals surface area (Å²) in [5.74, 6) is -0.375. The maximum absolute atomic E-state index is 13.1. The third kappa shape index (κ3) is 4.90. The van der Waals surface area contributed by atoms with Crippen LogP contribution in [0.1, 0.15) is 20.8 Å². The van der Waals surface area contributed by atoms with Crippen LogP contribution in [0.25, 0.3) is 0 Å². The number of tetrazole rings is 1. The van der Waals surface area contributed by atoms with Crippen molar-refractivity contribution in [3.05, 3.63) is 29.0 Å². The highest BCUT2D eigenvalue weighted by Gasteiger charge is 2.19. The minimum atomic E-state index is -0.528. The van der Waals surface area contributed by atoms with Crippen molar-refractivity contribution < 1.29 is 9.18 Å². The molecule has 0 radical (unpaired) electrons. The van der Waals surface area contributed by atoms with Crippen molar-refractivity contribution >= 4 is 35.0 Å². The quantitative estimate of drug-likeness (QED) is 0.803. The third-order valence-electron chi connectivity index (χ3n) is 2.88. The van der Waals surface area contributed by atoms with Crippen molar-refractivity contribution in [3.63, 3.8) is 0 Å². The Morgan fingerprint density at radius 3 is 2.83 bits per heavy atom. The molecule has 1 amide bonds. The average molecular weight is 358 g/mol. The lowest BCUT2D eigenvalue weighted by Gasteiger charge is -2.12. The summed E-state index contributed by atoms with van der Waals surface area (Å²) >= 11 is 6.96. The number of anilines is 1. The van der Waals surface area contributed by atoms with Crippen LogP contribution in [0.2, 0.25) is 5.02 Å². The van der Waals surface area contributed by atoms with Crippen LogP contribution in [0, 0.1) is 11.7 Å². The zero-order chi connectivity index (χ0) is 17.0. The van der Waals surface area contributed by atoms with Crippen LogP contribution in [0.4, 0.5) is 10.1 Å². The van der Waals surface area contributed by atoms with Gasteiger partial charge >= 0.3 is 0 Å². The second-order valence-electron chi connectivity index (χ2n) is 5.42. The first kappa shape index (κ1) is 17.7. The van der Waals surface area contributed by atoms with Gasteiger partial charge in [-0.05, 0) is 41.5 Å². The van der Waals surface area contributed by atoms with Gasteiger partial charge < -0.3 is 5.32 Å². The Bertz CT molecular complexity index is 694. The van der Waals surface area contributed by atoms with E-state index in [4.69, 9.17) is 11.6 Å². The molecule has 0 aliphatic carbocycles. The number of halogens is 2. The van der Waals surface area contributed by atoms with E-state index >= 15 is 0 Å². The number of nitrogens with zero attached hydrogens (tertiary/aromatic N) is 4. The molecular formula is C14H17ClFN5OS. The molecule has 0 aliphatic rings. The number of hydrogen-bond acceptors (Lipinski definition) is 5. The zero-order valence-corrected chi connectivity index (χ0v) is 14.5. The Labute approximate surface area is 142 Å². The summed E-state index contributed by atoms with van der Waals surface area (Å²) in [5, 5.41) is 14.3. The van der Waals surface area contributed by atoms with Gasteiger partial charge in [0.1, 0.15) is 5.82 Å². The lowest BCUT2D eigenvalue weighted by molar-refractivity contribution is -0.115. The van der Waals surface area contributed by atoms with Crippen molar-refractivity contribution in [2.75, 3.05) is 5.32 Å². The largest absolute Gasteiger partial charge is 0.325 e. The summed E-state index contributed by atoms with van der Waals surface area (Å²) in [5.41, 5.74) is 0.440. The molecule has 0 saturated heterocycles. The molecule has 1 atom stereocenters. The van der Waals surface area contributed by atoms with Crippen LogP contribution in [0.5, 0.6) is 0 Å². The molecule has 0 aliphatic heterocycles. The molecule has 0 fully saturated rings. The monoisotopic (exact) mass is 357 g/mol. The Morgan fingerprint density at radius 1 is 1.43 bits per heavy atom. The number of rotatable bonds is 6. The van der Waals surface area contributed by atoms with Crippen LogP contribution >= 0.6 is 23.4 Å². The number of carbonyl (C=O) groups excluding carboxylic acids is 1. The molecule has 0 spiro atoms. The van der Waals surface area contributed by atoms with Gasteiger partial charge in [0, 0.05) is 12.2 Å². The van der Waals surface area contributed by atoms with Crippen LogP contribution < -0.4 is 5.32 Å². The number of aromatic nitrogens is 4. The van der Waals surface area contributed by atoms with Gasteiger partial charge in [-0.2, -0.15) is 0 Å². The first-order valence-electron chi connectivity index (χ1n) is 7.05. The molecule has 23 heavy (non-hydrogen) atoms. The highest BCUT2D eigenvalue weighted by Crippen LogP contribution is 2.24. The maximum atomic E-state index is 13.1. The Kier molecular flexibility index (Phi) is 5.95. The van der Waals surface area contributed by atoms with Crippen LogP contribution in [0.3, 0.4) is 0 Å². The molecule has 124 valence electrons. The van der Waals surface area contributed by atoms with E-state index in [1.165, 1.54) is 30.0 Å². The number of thioether (sulfide) groups is 1. The fraction of sp³-hybridized carbons (Fsp3) is 0.429. The van der Waals surface area contributed by atoms with Gasteiger partial charge in [-0.3, -0.25) is 4.79 Å². The molecular weight excluding hydrogens is 341 g/mol. The third-order valence-corrected chi connectivity index (χ3v) is 4.24. The molecule has 2 rings (SSSR count). The number of nitrogens with one attached hydrogen (secondary N) is 1. The van der Waals surface area contributed by atoms with Crippen LogP contribution in [0.15, 0.2) is 23.4 Å². The molecule has 1 aromatic carbocycles. The van der Waals surface area contributed by atoms with Crippen LogP contribution in [-0.2, 0) is 11.3 Å². The number of hydrogen-bond donors (Lipinski definition) is 1. The average Bonchev–Trinajstić information content (AvgIpc) is 2.89. The summed E-state index contributed by atoms with van der Waals surface area (Å²) in [6.45, 7) is 6.55. The predicted octanol–water partition coefficient (Wildman–Crippen LogP) is 3.24. The molecule has 0 saturated carbocycles. The normalized spacial score (nSPS) is 12.4. The fourth-order valence-electron chi connectivity index (χ4n) is 1.77. The Morgan fingerprint density at radius 2 is 2.17 bits per heavy atom. The molecule has 1 unspecified atom stereocenters. The van der Waals surface area contributed by atoms with E-state index < -0.39 is 11.1 Å².